The topological polar surface area (TPSA) is 72.3 Å². The van der Waals surface area contributed by atoms with Gasteiger partial charge in [-0.05, 0) is 45.6 Å². The van der Waals surface area contributed by atoms with E-state index < -0.39 is 11.4 Å². The van der Waals surface area contributed by atoms with Crippen LogP contribution in [-0.2, 0) is 4.79 Å². The average Bonchev–Trinajstić information content (AvgIpc) is 2.16. The Hall–Kier alpha value is -0.610. The smallest absolute Gasteiger partial charge is 0.237 e. The molecule has 0 aromatic carbocycles. The van der Waals surface area contributed by atoms with E-state index >= 15 is 0 Å². The third-order valence-electron chi connectivity index (χ3n) is 3.59. The van der Waals surface area contributed by atoms with Gasteiger partial charge in [-0.25, -0.2) is 0 Å². The van der Waals surface area contributed by atoms with Gasteiger partial charge in [-0.15, -0.1) is 0 Å². The van der Waals surface area contributed by atoms with Crippen molar-refractivity contribution < 1.29 is 4.79 Å². The first-order valence-electron chi connectivity index (χ1n) is 6.16. The lowest BCUT2D eigenvalue weighted by Crippen LogP contribution is -2.54. The summed E-state index contributed by atoms with van der Waals surface area (Å²) >= 11 is 0. The number of hydrogen-bond donors (Lipinski definition) is 2. The second kappa shape index (κ2) is 5.15. The number of primary amides is 1. The molecule has 94 valence electrons. The van der Waals surface area contributed by atoms with Gasteiger partial charge in [-0.2, -0.15) is 0 Å². The van der Waals surface area contributed by atoms with Gasteiger partial charge in [-0.1, -0.05) is 6.92 Å². The van der Waals surface area contributed by atoms with Crippen LogP contribution in [0.2, 0.25) is 0 Å². The first-order chi connectivity index (χ1) is 7.33. The standard InChI is InChI=1S/C12H25N3O/c1-9-5-4-6-15(8-9)10(2)7-12(3,14)11(13)16/h9-10H,4-8,14H2,1-3H3,(H2,13,16). The number of nitrogens with zero attached hydrogens (tertiary/aromatic N) is 1. The molecule has 1 amide bonds. The van der Waals surface area contributed by atoms with Crippen LogP contribution in [0.1, 0.15) is 40.0 Å². The van der Waals surface area contributed by atoms with Crippen LogP contribution in [0.15, 0.2) is 0 Å². The summed E-state index contributed by atoms with van der Waals surface area (Å²) in [5, 5.41) is 0. The van der Waals surface area contributed by atoms with Crippen molar-refractivity contribution in [3.05, 3.63) is 0 Å². The zero-order chi connectivity index (χ0) is 12.3. The van der Waals surface area contributed by atoms with E-state index in [4.69, 9.17) is 11.5 Å². The monoisotopic (exact) mass is 227 g/mol. The molecule has 4 heteroatoms. The van der Waals surface area contributed by atoms with Crippen molar-refractivity contribution >= 4 is 5.91 Å². The molecule has 1 heterocycles. The molecule has 16 heavy (non-hydrogen) atoms. The summed E-state index contributed by atoms with van der Waals surface area (Å²) in [4.78, 5) is 13.6. The van der Waals surface area contributed by atoms with Crippen molar-refractivity contribution in [2.24, 2.45) is 17.4 Å². The molecule has 3 unspecified atom stereocenters. The molecular formula is C12H25N3O. The van der Waals surface area contributed by atoms with Crippen molar-refractivity contribution in [2.45, 2.75) is 51.6 Å². The second-order valence-electron chi connectivity index (χ2n) is 5.58. The van der Waals surface area contributed by atoms with E-state index in [1.54, 1.807) is 6.92 Å². The first-order valence-corrected chi connectivity index (χ1v) is 6.16. The number of hydrogen-bond acceptors (Lipinski definition) is 3. The highest BCUT2D eigenvalue weighted by Gasteiger charge is 2.31. The zero-order valence-electron chi connectivity index (χ0n) is 10.7. The minimum absolute atomic E-state index is 0.324. The van der Waals surface area contributed by atoms with Gasteiger partial charge in [0, 0.05) is 12.6 Å². The predicted octanol–water partition coefficient (Wildman–Crippen LogP) is 0.700. The van der Waals surface area contributed by atoms with E-state index in [-0.39, 0.29) is 0 Å². The Morgan fingerprint density at radius 2 is 2.25 bits per heavy atom. The molecular weight excluding hydrogens is 202 g/mol. The van der Waals surface area contributed by atoms with Crippen molar-refractivity contribution in [2.75, 3.05) is 13.1 Å². The quantitative estimate of drug-likeness (QED) is 0.742. The lowest BCUT2D eigenvalue weighted by atomic mass is 9.91. The zero-order valence-corrected chi connectivity index (χ0v) is 10.7. The number of likely N-dealkylation sites (tertiary alicyclic amines) is 1. The molecule has 0 aromatic rings. The van der Waals surface area contributed by atoms with Gasteiger partial charge in [0.2, 0.25) is 5.91 Å². The molecule has 0 bridgehead atoms. The van der Waals surface area contributed by atoms with E-state index in [0.29, 0.717) is 12.5 Å². The number of amides is 1. The van der Waals surface area contributed by atoms with E-state index in [2.05, 4.69) is 18.7 Å². The molecule has 1 saturated heterocycles. The Kier molecular flexibility index (Phi) is 4.33. The van der Waals surface area contributed by atoms with Gasteiger partial charge in [-0.3, -0.25) is 4.79 Å². The molecule has 1 rings (SSSR count). The van der Waals surface area contributed by atoms with Crippen molar-refractivity contribution in [3.63, 3.8) is 0 Å². The van der Waals surface area contributed by atoms with E-state index in [0.717, 1.165) is 19.0 Å². The van der Waals surface area contributed by atoms with Crippen molar-refractivity contribution in [1.82, 2.24) is 4.90 Å². The minimum Gasteiger partial charge on any atom is -0.368 e. The Morgan fingerprint density at radius 3 is 2.75 bits per heavy atom. The van der Waals surface area contributed by atoms with Crippen LogP contribution < -0.4 is 11.5 Å². The van der Waals surface area contributed by atoms with Crippen LogP contribution in [0.4, 0.5) is 0 Å². The maximum absolute atomic E-state index is 11.2. The Labute approximate surface area is 98.3 Å². The van der Waals surface area contributed by atoms with Gasteiger partial charge in [0.25, 0.3) is 0 Å². The number of piperidine rings is 1. The second-order valence-corrected chi connectivity index (χ2v) is 5.58. The molecule has 1 aliphatic rings. The number of rotatable bonds is 4. The molecule has 0 spiro atoms. The SMILES string of the molecule is CC1CCCN(C(C)CC(C)(N)C(N)=O)C1. The third-order valence-corrected chi connectivity index (χ3v) is 3.59. The van der Waals surface area contributed by atoms with Gasteiger partial charge in [0.05, 0.1) is 5.54 Å². The number of carbonyl (C=O) groups is 1. The molecule has 4 nitrogen and oxygen atoms in total. The lowest BCUT2D eigenvalue weighted by molar-refractivity contribution is -0.123. The fraction of sp³-hybridized carbons (Fsp3) is 0.917. The van der Waals surface area contributed by atoms with E-state index in [1.807, 2.05) is 0 Å². The van der Waals surface area contributed by atoms with Crippen LogP contribution in [0.25, 0.3) is 0 Å². The Morgan fingerprint density at radius 1 is 1.62 bits per heavy atom. The third kappa shape index (κ3) is 3.46. The fourth-order valence-corrected chi connectivity index (χ4v) is 2.47. The van der Waals surface area contributed by atoms with Gasteiger partial charge >= 0.3 is 0 Å². The van der Waals surface area contributed by atoms with Gasteiger partial charge in [0.1, 0.15) is 0 Å². The molecule has 0 saturated carbocycles. The highest BCUT2D eigenvalue weighted by atomic mass is 16.1. The van der Waals surface area contributed by atoms with Crippen molar-refractivity contribution in [3.8, 4) is 0 Å². The lowest BCUT2D eigenvalue weighted by Gasteiger charge is -2.38. The number of nitrogens with two attached hydrogens (primary N) is 2. The van der Waals surface area contributed by atoms with Crippen molar-refractivity contribution in [1.29, 1.82) is 0 Å². The summed E-state index contributed by atoms with van der Waals surface area (Å²) in [5.41, 5.74) is 10.3. The Bertz CT molecular complexity index is 253. The molecule has 0 aliphatic carbocycles. The van der Waals surface area contributed by atoms with Gasteiger partial charge in [0.15, 0.2) is 0 Å². The highest BCUT2D eigenvalue weighted by Crippen LogP contribution is 2.21. The molecule has 3 atom stereocenters. The summed E-state index contributed by atoms with van der Waals surface area (Å²) < 4.78 is 0. The molecule has 0 radical (unpaired) electrons. The van der Waals surface area contributed by atoms with E-state index in [1.165, 1.54) is 12.8 Å². The summed E-state index contributed by atoms with van der Waals surface area (Å²) in [5.74, 6) is 0.332. The fourth-order valence-electron chi connectivity index (χ4n) is 2.47. The van der Waals surface area contributed by atoms with Crippen LogP contribution in [-0.4, -0.2) is 35.5 Å². The molecule has 1 fully saturated rings. The highest BCUT2D eigenvalue weighted by molar-refractivity contribution is 5.83. The normalized spacial score (nSPS) is 28.4. The van der Waals surface area contributed by atoms with E-state index in [9.17, 15) is 4.79 Å². The van der Waals surface area contributed by atoms with Crippen LogP contribution >= 0.6 is 0 Å². The maximum Gasteiger partial charge on any atom is 0.237 e. The van der Waals surface area contributed by atoms with Gasteiger partial charge < -0.3 is 16.4 Å². The van der Waals surface area contributed by atoms with Crippen LogP contribution in [0.3, 0.4) is 0 Å². The maximum atomic E-state index is 11.2. The minimum atomic E-state index is -0.889. The average molecular weight is 227 g/mol. The summed E-state index contributed by atoms with van der Waals surface area (Å²) in [7, 11) is 0. The summed E-state index contributed by atoms with van der Waals surface area (Å²) in [6.07, 6.45) is 3.18. The largest absolute Gasteiger partial charge is 0.368 e. The Balaban J connectivity index is 2.51. The number of carbonyl (C=O) groups excluding carboxylic acids is 1. The molecule has 0 aromatic heterocycles. The van der Waals surface area contributed by atoms with Crippen LogP contribution in [0.5, 0.6) is 0 Å². The first kappa shape index (κ1) is 13.5. The molecule has 4 N–H and O–H groups in total. The summed E-state index contributed by atoms with van der Waals surface area (Å²) in [6.45, 7) is 8.34. The molecule has 1 aliphatic heterocycles. The predicted molar refractivity (Wildman–Crippen MR) is 65.8 cm³/mol. The summed E-state index contributed by atoms with van der Waals surface area (Å²) in [6, 6.07) is 0.324. The van der Waals surface area contributed by atoms with Crippen LogP contribution in [0, 0.1) is 5.92 Å².